The maximum atomic E-state index is 9.45. The van der Waals surface area contributed by atoms with Crippen molar-refractivity contribution in [3.8, 4) is 84.5 Å². The summed E-state index contributed by atoms with van der Waals surface area (Å²) in [5.74, 6) is 0.682. The van der Waals surface area contributed by atoms with Crippen molar-refractivity contribution in [1.82, 2.24) is 9.97 Å². The lowest BCUT2D eigenvalue weighted by molar-refractivity contribution is 1.18. The molecule has 0 bridgehead atoms. The van der Waals surface area contributed by atoms with E-state index in [1.165, 1.54) is 0 Å². The number of rotatable bonds is 7. The molecule has 0 saturated carbocycles. The van der Waals surface area contributed by atoms with Gasteiger partial charge in [-0.2, -0.15) is 5.26 Å². The molecule has 0 fully saturated rings. The van der Waals surface area contributed by atoms with Crippen LogP contribution in [0.2, 0.25) is 0 Å². The fourth-order valence-corrected chi connectivity index (χ4v) is 6.40. The molecule has 0 amide bonds. The number of aromatic nitrogens is 2. The van der Waals surface area contributed by atoms with Crippen LogP contribution < -0.4 is 0 Å². The molecule has 0 saturated heterocycles. The highest BCUT2D eigenvalue weighted by Crippen LogP contribution is 2.42. The van der Waals surface area contributed by atoms with Gasteiger partial charge in [-0.25, -0.2) is 9.97 Å². The Bertz CT molecular complexity index is 2370. The molecule has 7 aromatic carbocycles. The van der Waals surface area contributed by atoms with Crippen molar-refractivity contribution in [3.63, 3.8) is 0 Å². The molecular formula is C47H31N3. The molecule has 1 aromatic heterocycles. The first-order chi connectivity index (χ1) is 24.7. The summed E-state index contributed by atoms with van der Waals surface area (Å²) in [5, 5.41) is 9.45. The lowest BCUT2D eigenvalue weighted by Crippen LogP contribution is -1.96. The van der Waals surface area contributed by atoms with Gasteiger partial charge in [-0.15, -0.1) is 0 Å². The van der Waals surface area contributed by atoms with Crippen LogP contribution in [0.15, 0.2) is 188 Å². The van der Waals surface area contributed by atoms with Crippen LogP contribution in [-0.2, 0) is 0 Å². The van der Waals surface area contributed by atoms with Crippen molar-refractivity contribution in [1.29, 1.82) is 5.26 Å². The molecule has 3 nitrogen and oxygen atoms in total. The van der Waals surface area contributed by atoms with E-state index in [9.17, 15) is 5.26 Å². The highest BCUT2D eigenvalue weighted by molar-refractivity contribution is 5.95. The van der Waals surface area contributed by atoms with Crippen LogP contribution in [0.1, 0.15) is 5.56 Å². The zero-order chi connectivity index (χ0) is 33.7. The summed E-state index contributed by atoms with van der Waals surface area (Å²) in [5.41, 5.74) is 14.4. The van der Waals surface area contributed by atoms with Crippen molar-refractivity contribution < 1.29 is 0 Å². The van der Waals surface area contributed by atoms with Crippen LogP contribution in [0, 0.1) is 11.3 Å². The Labute approximate surface area is 292 Å². The minimum absolute atomic E-state index is 0.643. The number of benzene rings is 7. The van der Waals surface area contributed by atoms with Crippen LogP contribution in [-0.4, -0.2) is 9.97 Å². The molecule has 0 atom stereocenters. The van der Waals surface area contributed by atoms with Crippen molar-refractivity contribution in [2.24, 2.45) is 0 Å². The van der Waals surface area contributed by atoms with Gasteiger partial charge in [0.2, 0.25) is 0 Å². The van der Waals surface area contributed by atoms with Gasteiger partial charge in [0.05, 0.1) is 23.0 Å². The summed E-state index contributed by atoms with van der Waals surface area (Å²) < 4.78 is 0. The second-order valence-electron chi connectivity index (χ2n) is 12.1. The normalized spacial score (nSPS) is 10.8. The lowest BCUT2D eigenvalue weighted by atomic mass is 9.85. The van der Waals surface area contributed by atoms with Gasteiger partial charge in [-0.1, -0.05) is 158 Å². The van der Waals surface area contributed by atoms with Gasteiger partial charge in [0, 0.05) is 16.7 Å². The molecule has 8 aromatic rings. The first kappa shape index (κ1) is 30.4. The molecular weight excluding hydrogens is 607 g/mol. The number of hydrogen-bond acceptors (Lipinski definition) is 3. The van der Waals surface area contributed by atoms with Crippen molar-refractivity contribution >= 4 is 0 Å². The topological polar surface area (TPSA) is 49.6 Å². The monoisotopic (exact) mass is 637 g/mol. The summed E-state index contributed by atoms with van der Waals surface area (Å²) in [4.78, 5) is 10.1. The molecule has 0 aliphatic carbocycles. The number of hydrogen-bond donors (Lipinski definition) is 0. The molecule has 8 rings (SSSR count). The van der Waals surface area contributed by atoms with Crippen molar-refractivity contribution in [2.75, 3.05) is 0 Å². The number of nitrogens with zero attached hydrogens (tertiary/aromatic N) is 3. The summed E-state index contributed by atoms with van der Waals surface area (Å²) >= 11 is 0. The van der Waals surface area contributed by atoms with Gasteiger partial charge in [-0.05, 0) is 74.8 Å². The average molecular weight is 638 g/mol. The van der Waals surface area contributed by atoms with E-state index < -0.39 is 0 Å². The first-order valence-corrected chi connectivity index (χ1v) is 16.6. The molecule has 0 radical (unpaired) electrons. The Kier molecular flexibility index (Phi) is 8.33. The predicted molar refractivity (Wildman–Crippen MR) is 205 cm³/mol. The first-order valence-electron chi connectivity index (χ1n) is 16.6. The standard InChI is InChI=1S/C47H31N3/c48-32-33-21-23-36(24-22-33)43-29-42(35-15-7-2-8-16-35)44(30-41(43)34-13-5-1-6-14-34)37-25-27-40(28-26-37)47-49-45(38-17-9-3-10-18-38)31-46(50-47)39-19-11-4-12-20-39/h1-31H. The molecule has 0 unspecified atom stereocenters. The molecule has 1 heterocycles. The maximum Gasteiger partial charge on any atom is 0.160 e. The average Bonchev–Trinajstić information content (AvgIpc) is 3.21. The maximum absolute atomic E-state index is 9.45. The van der Waals surface area contributed by atoms with E-state index in [1.807, 2.05) is 72.8 Å². The zero-order valence-corrected chi connectivity index (χ0v) is 27.2. The predicted octanol–water partition coefficient (Wildman–Crippen LogP) is 12.0. The lowest BCUT2D eigenvalue weighted by Gasteiger charge is -2.18. The summed E-state index contributed by atoms with van der Waals surface area (Å²) in [7, 11) is 0. The van der Waals surface area contributed by atoms with Crippen molar-refractivity contribution in [2.45, 2.75) is 0 Å². The second kappa shape index (κ2) is 13.7. The van der Waals surface area contributed by atoms with Crippen LogP contribution in [0.25, 0.3) is 78.4 Å². The number of nitriles is 1. The molecule has 0 aliphatic rings. The highest BCUT2D eigenvalue weighted by Gasteiger charge is 2.17. The van der Waals surface area contributed by atoms with Crippen LogP contribution >= 0.6 is 0 Å². The largest absolute Gasteiger partial charge is 0.228 e. The fraction of sp³-hybridized carbons (Fsp3) is 0. The molecule has 234 valence electrons. The zero-order valence-electron chi connectivity index (χ0n) is 27.2. The molecule has 50 heavy (non-hydrogen) atoms. The van der Waals surface area contributed by atoms with E-state index in [-0.39, 0.29) is 0 Å². The Morgan fingerprint density at radius 2 is 0.640 bits per heavy atom. The quantitative estimate of drug-likeness (QED) is 0.175. The van der Waals surface area contributed by atoms with E-state index in [0.717, 1.165) is 72.6 Å². The van der Waals surface area contributed by atoms with E-state index in [1.54, 1.807) is 0 Å². The molecule has 0 spiro atoms. The third-order valence-electron chi connectivity index (χ3n) is 8.97. The Morgan fingerprint density at radius 1 is 0.320 bits per heavy atom. The summed E-state index contributed by atoms with van der Waals surface area (Å²) in [6.07, 6.45) is 0. The third kappa shape index (κ3) is 6.22. The molecule has 0 aliphatic heterocycles. The van der Waals surface area contributed by atoms with Crippen LogP contribution in [0.4, 0.5) is 0 Å². The van der Waals surface area contributed by atoms with Gasteiger partial charge in [0.15, 0.2) is 5.82 Å². The Hall–Kier alpha value is -6.89. The molecule has 0 N–H and O–H groups in total. The van der Waals surface area contributed by atoms with Crippen LogP contribution in [0.3, 0.4) is 0 Å². The summed E-state index contributed by atoms with van der Waals surface area (Å²) in [6, 6.07) is 66.9. The second-order valence-corrected chi connectivity index (χ2v) is 12.1. The fourth-order valence-electron chi connectivity index (χ4n) is 6.40. The van der Waals surface area contributed by atoms with Gasteiger partial charge < -0.3 is 0 Å². The smallest absolute Gasteiger partial charge is 0.160 e. The highest BCUT2D eigenvalue weighted by atomic mass is 14.9. The van der Waals surface area contributed by atoms with Crippen molar-refractivity contribution in [3.05, 3.63) is 194 Å². The Morgan fingerprint density at radius 3 is 1.02 bits per heavy atom. The van der Waals surface area contributed by atoms with E-state index in [0.29, 0.717) is 11.4 Å². The van der Waals surface area contributed by atoms with E-state index in [2.05, 4.69) is 121 Å². The summed E-state index contributed by atoms with van der Waals surface area (Å²) in [6.45, 7) is 0. The minimum Gasteiger partial charge on any atom is -0.228 e. The van der Waals surface area contributed by atoms with Gasteiger partial charge in [-0.3, -0.25) is 0 Å². The molecule has 3 heteroatoms. The van der Waals surface area contributed by atoms with Gasteiger partial charge in [0.1, 0.15) is 0 Å². The Balaban J connectivity index is 1.28. The minimum atomic E-state index is 0.643. The van der Waals surface area contributed by atoms with E-state index in [4.69, 9.17) is 9.97 Å². The van der Waals surface area contributed by atoms with Crippen LogP contribution in [0.5, 0.6) is 0 Å². The van der Waals surface area contributed by atoms with E-state index >= 15 is 0 Å². The third-order valence-corrected chi connectivity index (χ3v) is 8.97. The SMILES string of the molecule is N#Cc1ccc(-c2cc(-c3ccccc3)c(-c3ccc(-c4nc(-c5ccccc5)cc(-c5ccccc5)n4)cc3)cc2-c2ccccc2)cc1. The van der Waals surface area contributed by atoms with Gasteiger partial charge >= 0.3 is 0 Å². The van der Waals surface area contributed by atoms with Gasteiger partial charge in [0.25, 0.3) is 0 Å².